The zero-order valence-electron chi connectivity index (χ0n) is 15.0. The van der Waals surface area contributed by atoms with Crippen molar-refractivity contribution in [2.75, 3.05) is 42.9 Å². The molecule has 1 fully saturated rings. The number of aryl methyl sites for hydroxylation is 2. The Kier molecular flexibility index (Phi) is 5.66. The van der Waals surface area contributed by atoms with Crippen LogP contribution in [0.2, 0.25) is 0 Å². The number of amides is 1. The van der Waals surface area contributed by atoms with E-state index in [0.29, 0.717) is 6.54 Å². The summed E-state index contributed by atoms with van der Waals surface area (Å²) in [6, 6.07) is 14.1. The minimum atomic E-state index is 0.0584. The predicted octanol–water partition coefficient (Wildman–Crippen LogP) is 2.71. The molecule has 1 saturated heterocycles. The molecule has 1 N–H and O–H groups in total. The second-order valence-corrected chi connectivity index (χ2v) is 6.46. The van der Waals surface area contributed by atoms with E-state index in [1.807, 2.05) is 37.3 Å². The third kappa shape index (κ3) is 4.57. The predicted molar refractivity (Wildman–Crippen MR) is 102 cm³/mol. The van der Waals surface area contributed by atoms with Gasteiger partial charge >= 0.3 is 0 Å². The van der Waals surface area contributed by atoms with Crippen LogP contribution in [0.3, 0.4) is 0 Å². The van der Waals surface area contributed by atoms with Crippen LogP contribution in [0.5, 0.6) is 0 Å². The van der Waals surface area contributed by atoms with Crippen molar-refractivity contribution in [1.82, 2.24) is 9.88 Å². The first-order chi connectivity index (χ1) is 12.2. The number of nitrogens with zero attached hydrogens (tertiary/aromatic N) is 3. The van der Waals surface area contributed by atoms with E-state index in [4.69, 9.17) is 0 Å². The summed E-state index contributed by atoms with van der Waals surface area (Å²) in [4.78, 5) is 21.4. The third-order valence-corrected chi connectivity index (χ3v) is 4.61. The minimum absolute atomic E-state index is 0.0584. The van der Waals surface area contributed by atoms with Crippen molar-refractivity contribution in [1.29, 1.82) is 0 Å². The number of hydrogen-bond donors (Lipinski definition) is 1. The maximum Gasteiger partial charge on any atom is 0.238 e. The fourth-order valence-electron chi connectivity index (χ4n) is 3.18. The van der Waals surface area contributed by atoms with E-state index in [1.165, 1.54) is 5.56 Å². The van der Waals surface area contributed by atoms with Gasteiger partial charge in [-0.3, -0.25) is 9.69 Å². The van der Waals surface area contributed by atoms with E-state index in [0.717, 1.165) is 49.8 Å². The zero-order chi connectivity index (χ0) is 17.6. The number of benzene rings is 1. The number of carbonyl (C=O) groups excluding carboxylic acids is 1. The molecule has 0 bridgehead atoms. The Morgan fingerprint density at radius 2 is 1.84 bits per heavy atom. The van der Waals surface area contributed by atoms with Crippen LogP contribution in [-0.2, 0) is 11.2 Å². The van der Waals surface area contributed by atoms with Crippen molar-refractivity contribution in [2.45, 2.75) is 20.3 Å². The molecule has 0 unspecified atom stereocenters. The fraction of sp³-hybridized carbons (Fsp3) is 0.400. The molecule has 1 aromatic heterocycles. The van der Waals surface area contributed by atoms with Gasteiger partial charge in [0.25, 0.3) is 0 Å². The molecule has 1 aliphatic rings. The molecule has 2 heterocycles. The molecule has 0 atom stereocenters. The molecule has 0 saturated carbocycles. The van der Waals surface area contributed by atoms with Crippen molar-refractivity contribution in [3.05, 3.63) is 53.7 Å². The summed E-state index contributed by atoms with van der Waals surface area (Å²) >= 11 is 0. The van der Waals surface area contributed by atoms with Gasteiger partial charge in [0, 0.05) is 37.6 Å². The van der Waals surface area contributed by atoms with Crippen molar-refractivity contribution in [2.24, 2.45) is 0 Å². The van der Waals surface area contributed by atoms with Crippen LogP contribution in [0, 0.1) is 6.92 Å². The van der Waals surface area contributed by atoms with Crippen LogP contribution >= 0.6 is 0 Å². The summed E-state index contributed by atoms with van der Waals surface area (Å²) in [6.07, 6.45) is 0.915. The summed E-state index contributed by atoms with van der Waals surface area (Å²) in [5, 5.41) is 3.05. The van der Waals surface area contributed by atoms with E-state index < -0.39 is 0 Å². The second-order valence-electron chi connectivity index (χ2n) is 6.46. The standard InChI is InChI=1S/C20H26N4O/c1-3-17-8-4-5-9-18(17)22-20(25)15-23-11-13-24(14-12-23)19-10-6-7-16(2)21-19/h4-10H,3,11-15H2,1-2H3,(H,22,25). The number of hydrogen-bond acceptors (Lipinski definition) is 4. The molecule has 5 nitrogen and oxygen atoms in total. The summed E-state index contributed by atoms with van der Waals surface area (Å²) in [7, 11) is 0. The number of piperazine rings is 1. The van der Waals surface area contributed by atoms with Gasteiger partial charge in [0.05, 0.1) is 6.54 Å². The van der Waals surface area contributed by atoms with E-state index in [2.05, 4.69) is 39.2 Å². The smallest absolute Gasteiger partial charge is 0.238 e. The largest absolute Gasteiger partial charge is 0.354 e. The molecule has 1 amide bonds. The maximum atomic E-state index is 12.4. The molecule has 0 spiro atoms. The van der Waals surface area contributed by atoms with E-state index in [9.17, 15) is 4.79 Å². The Morgan fingerprint density at radius 3 is 2.56 bits per heavy atom. The van der Waals surface area contributed by atoms with E-state index in [-0.39, 0.29) is 5.91 Å². The van der Waals surface area contributed by atoms with Gasteiger partial charge in [0.2, 0.25) is 5.91 Å². The number of nitrogens with one attached hydrogen (secondary N) is 1. The molecule has 3 rings (SSSR count). The molecule has 0 aliphatic carbocycles. The lowest BCUT2D eigenvalue weighted by molar-refractivity contribution is -0.117. The highest BCUT2D eigenvalue weighted by molar-refractivity contribution is 5.93. The summed E-state index contributed by atoms with van der Waals surface area (Å²) in [5.74, 6) is 1.09. The molecule has 25 heavy (non-hydrogen) atoms. The quantitative estimate of drug-likeness (QED) is 0.911. The Balaban J connectivity index is 1.51. The lowest BCUT2D eigenvalue weighted by Gasteiger charge is -2.35. The summed E-state index contributed by atoms with van der Waals surface area (Å²) < 4.78 is 0. The normalized spacial score (nSPS) is 15.2. The molecular weight excluding hydrogens is 312 g/mol. The minimum Gasteiger partial charge on any atom is -0.354 e. The van der Waals surface area contributed by atoms with Gasteiger partial charge in [-0.1, -0.05) is 31.2 Å². The number of rotatable bonds is 5. The van der Waals surface area contributed by atoms with Crippen molar-refractivity contribution in [3.63, 3.8) is 0 Å². The molecule has 132 valence electrons. The highest BCUT2D eigenvalue weighted by Crippen LogP contribution is 2.16. The SMILES string of the molecule is CCc1ccccc1NC(=O)CN1CCN(c2cccc(C)n2)CC1. The number of pyridine rings is 1. The first kappa shape index (κ1) is 17.4. The highest BCUT2D eigenvalue weighted by Gasteiger charge is 2.20. The first-order valence-corrected chi connectivity index (χ1v) is 8.94. The van der Waals surface area contributed by atoms with Crippen LogP contribution in [0.25, 0.3) is 0 Å². The molecule has 2 aromatic rings. The van der Waals surface area contributed by atoms with Crippen molar-refractivity contribution in [3.8, 4) is 0 Å². The van der Waals surface area contributed by atoms with Gasteiger partial charge in [0.1, 0.15) is 5.82 Å². The van der Waals surface area contributed by atoms with Gasteiger partial charge in [-0.15, -0.1) is 0 Å². The number of para-hydroxylation sites is 1. The van der Waals surface area contributed by atoms with E-state index >= 15 is 0 Å². The van der Waals surface area contributed by atoms with Gasteiger partial charge < -0.3 is 10.2 Å². The molecular formula is C20H26N4O. The summed E-state index contributed by atoms with van der Waals surface area (Å²) in [5.41, 5.74) is 3.14. The van der Waals surface area contributed by atoms with Crippen LogP contribution in [0.1, 0.15) is 18.2 Å². The topological polar surface area (TPSA) is 48.5 Å². The van der Waals surface area contributed by atoms with Crippen LogP contribution < -0.4 is 10.2 Å². The second kappa shape index (κ2) is 8.12. The zero-order valence-corrected chi connectivity index (χ0v) is 15.0. The number of anilines is 2. The fourth-order valence-corrected chi connectivity index (χ4v) is 3.18. The lowest BCUT2D eigenvalue weighted by atomic mass is 10.1. The van der Waals surface area contributed by atoms with E-state index in [1.54, 1.807) is 0 Å². The van der Waals surface area contributed by atoms with Gasteiger partial charge in [-0.25, -0.2) is 4.98 Å². The Bertz CT molecular complexity index is 723. The first-order valence-electron chi connectivity index (χ1n) is 8.94. The van der Waals surface area contributed by atoms with Crippen LogP contribution in [-0.4, -0.2) is 48.5 Å². The Hall–Kier alpha value is -2.40. The molecule has 0 radical (unpaired) electrons. The lowest BCUT2D eigenvalue weighted by Crippen LogP contribution is -2.49. The van der Waals surface area contributed by atoms with Gasteiger partial charge in [-0.2, -0.15) is 0 Å². The number of aromatic nitrogens is 1. The maximum absolute atomic E-state index is 12.4. The average Bonchev–Trinajstić information content (AvgIpc) is 2.63. The van der Waals surface area contributed by atoms with Crippen molar-refractivity contribution < 1.29 is 4.79 Å². The van der Waals surface area contributed by atoms with Crippen LogP contribution in [0.4, 0.5) is 11.5 Å². The Labute approximate surface area is 149 Å². The molecule has 5 heteroatoms. The highest BCUT2D eigenvalue weighted by atomic mass is 16.2. The molecule has 1 aromatic carbocycles. The average molecular weight is 338 g/mol. The van der Waals surface area contributed by atoms with Crippen LogP contribution in [0.15, 0.2) is 42.5 Å². The monoisotopic (exact) mass is 338 g/mol. The summed E-state index contributed by atoms with van der Waals surface area (Å²) in [6.45, 7) is 8.09. The number of carbonyl (C=O) groups is 1. The van der Waals surface area contributed by atoms with Gasteiger partial charge in [0.15, 0.2) is 0 Å². The van der Waals surface area contributed by atoms with Crippen molar-refractivity contribution >= 4 is 17.4 Å². The Morgan fingerprint density at radius 1 is 1.08 bits per heavy atom. The third-order valence-electron chi connectivity index (χ3n) is 4.61. The molecule has 1 aliphatic heterocycles. The van der Waals surface area contributed by atoms with Gasteiger partial charge in [-0.05, 0) is 37.1 Å².